The van der Waals surface area contributed by atoms with Crippen molar-refractivity contribution in [2.45, 2.75) is 0 Å². The van der Waals surface area contributed by atoms with Crippen molar-refractivity contribution in [2.24, 2.45) is 0 Å². The number of rotatable bonds is 7. The van der Waals surface area contributed by atoms with E-state index in [0.29, 0.717) is 0 Å². The van der Waals surface area contributed by atoms with Crippen molar-refractivity contribution in [3.8, 4) is 11.1 Å². The SMILES string of the molecule is c1ccc(-c2ccc(N(c3ccc4c(c3)sc3ccccc34)c3cc(N(c4ccccc4)c4ccccc4)cc4oc5ccc6ccccc6c5c34)cc2)cc1. The van der Waals surface area contributed by atoms with Crippen LogP contribution in [0.15, 0.2) is 211 Å². The molecule has 0 unspecified atom stereocenters. The summed E-state index contributed by atoms with van der Waals surface area (Å²) in [4.78, 5) is 4.75. The molecule has 0 aliphatic carbocycles. The first-order chi connectivity index (χ1) is 27.8. The molecule has 2 aromatic heterocycles. The molecule has 0 bridgehead atoms. The lowest BCUT2D eigenvalue weighted by Crippen LogP contribution is -2.13. The lowest BCUT2D eigenvalue weighted by Gasteiger charge is -2.30. The number of fused-ring (bicyclic) bond motifs is 8. The summed E-state index contributed by atoms with van der Waals surface area (Å²) in [5.74, 6) is 0. The zero-order chi connectivity index (χ0) is 37.0. The zero-order valence-corrected chi connectivity index (χ0v) is 31.2. The normalized spacial score (nSPS) is 11.6. The summed E-state index contributed by atoms with van der Waals surface area (Å²) in [7, 11) is 0. The standard InChI is InChI=1S/C52H34N2OS/c1-4-14-35(15-5-1)36-24-27-40(28-25-36)54(41-29-30-45-44-22-12-13-23-49(44)56-50(45)34-41)46-32-42(53(38-17-6-2-7-18-38)39-19-8-3-9-20-39)33-48-52(46)51-43-21-11-10-16-37(43)26-31-47(51)55-48/h1-34H. The Balaban J connectivity index is 1.24. The van der Waals surface area contributed by atoms with Gasteiger partial charge in [0.25, 0.3) is 0 Å². The molecule has 0 saturated carbocycles. The Morgan fingerprint density at radius 2 is 0.929 bits per heavy atom. The minimum absolute atomic E-state index is 0.828. The molecule has 2 heterocycles. The van der Waals surface area contributed by atoms with Crippen LogP contribution in [0.25, 0.3) is 64.0 Å². The molecular weight excluding hydrogens is 701 g/mol. The number of nitrogens with zero attached hydrogens (tertiary/aromatic N) is 2. The average molecular weight is 735 g/mol. The van der Waals surface area contributed by atoms with Crippen LogP contribution in [0.5, 0.6) is 0 Å². The third-order valence-corrected chi connectivity index (χ3v) is 11.9. The van der Waals surface area contributed by atoms with Crippen LogP contribution in [0.4, 0.5) is 34.1 Å². The number of hydrogen-bond donors (Lipinski definition) is 0. The molecule has 0 amide bonds. The number of para-hydroxylation sites is 2. The summed E-state index contributed by atoms with van der Waals surface area (Å²) in [5.41, 5.74) is 10.4. The molecule has 264 valence electrons. The van der Waals surface area contributed by atoms with Gasteiger partial charge < -0.3 is 14.2 Å². The van der Waals surface area contributed by atoms with Gasteiger partial charge in [0.2, 0.25) is 0 Å². The second-order valence-electron chi connectivity index (χ2n) is 14.1. The second-order valence-corrected chi connectivity index (χ2v) is 15.2. The highest BCUT2D eigenvalue weighted by atomic mass is 32.1. The van der Waals surface area contributed by atoms with Crippen LogP contribution in [0, 0.1) is 0 Å². The largest absolute Gasteiger partial charge is 0.456 e. The number of thiophene rings is 1. The third-order valence-electron chi connectivity index (χ3n) is 10.8. The van der Waals surface area contributed by atoms with Gasteiger partial charge in [-0.25, -0.2) is 0 Å². The molecule has 0 spiro atoms. The van der Waals surface area contributed by atoms with Crippen LogP contribution < -0.4 is 9.80 Å². The lowest BCUT2D eigenvalue weighted by molar-refractivity contribution is 0.669. The summed E-state index contributed by atoms with van der Waals surface area (Å²) in [6.45, 7) is 0. The fourth-order valence-corrected chi connectivity index (χ4v) is 9.39. The maximum absolute atomic E-state index is 6.92. The van der Waals surface area contributed by atoms with Gasteiger partial charge in [0, 0.05) is 54.4 Å². The average Bonchev–Trinajstić information content (AvgIpc) is 3.84. The van der Waals surface area contributed by atoms with Gasteiger partial charge in [0.05, 0.1) is 16.8 Å². The van der Waals surface area contributed by atoms with Crippen LogP contribution in [-0.2, 0) is 0 Å². The molecular formula is C52H34N2OS. The zero-order valence-electron chi connectivity index (χ0n) is 30.3. The van der Waals surface area contributed by atoms with Gasteiger partial charge in [-0.15, -0.1) is 11.3 Å². The monoisotopic (exact) mass is 734 g/mol. The van der Waals surface area contributed by atoms with E-state index in [1.165, 1.54) is 42.1 Å². The predicted molar refractivity (Wildman–Crippen MR) is 239 cm³/mol. The van der Waals surface area contributed by atoms with Gasteiger partial charge in [-0.2, -0.15) is 0 Å². The van der Waals surface area contributed by atoms with Gasteiger partial charge in [-0.05, 0) is 88.6 Å². The Hall–Kier alpha value is -7.14. The van der Waals surface area contributed by atoms with E-state index in [9.17, 15) is 0 Å². The first-order valence-corrected chi connectivity index (χ1v) is 19.7. The molecule has 0 aliphatic rings. The van der Waals surface area contributed by atoms with Crippen LogP contribution in [0.2, 0.25) is 0 Å². The molecule has 0 N–H and O–H groups in total. The first kappa shape index (κ1) is 32.3. The van der Waals surface area contributed by atoms with Gasteiger partial charge in [-0.1, -0.05) is 133 Å². The minimum atomic E-state index is 0.828. The summed E-state index contributed by atoms with van der Waals surface area (Å²) >= 11 is 1.84. The predicted octanol–water partition coefficient (Wildman–Crippen LogP) is 15.7. The first-order valence-electron chi connectivity index (χ1n) is 18.9. The van der Waals surface area contributed by atoms with E-state index >= 15 is 0 Å². The van der Waals surface area contributed by atoms with Crippen LogP contribution in [-0.4, -0.2) is 0 Å². The fourth-order valence-electron chi connectivity index (χ4n) is 8.25. The fraction of sp³-hybridized carbons (Fsp3) is 0. The highest BCUT2D eigenvalue weighted by Crippen LogP contribution is 2.49. The molecule has 56 heavy (non-hydrogen) atoms. The number of furan rings is 1. The molecule has 11 aromatic rings. The van der Waals surface area contributed by atoms with E-state index in [4.69, 9.17) is 4.42 Å². The minimum Gasteiger partial charge on any atom is -0.456 e. The molecule has 0 aliphatic heterocycles. The molecule has 4 heteroatoms. The number of hydrogen-bond acceptors (Lipinski definition) is 4. The Bertz CT molecular complexity index is 3150. The van der Waals surface area contributed by atoms with E-state index in [-0.39, 0.29) is 0 Å². The summed E-state index contributed by atoms with van der Waals surface area (Å²) in [6.07, 6.45) is 0. The summed E-state index contributed by atoms with van der Waals surface area (Å²) < 4.78 is 9.46. The smallest absolute Gasteiger partial charge is 0.139 e. The van der Waals surface area contributed by atoms with E-state index < -0.39 is 0 Å². The van der Waals surface area contributed by atoms with Crippen molar-refractivity contribution in [2.75, 3.05) is 9.80 Å². The Morgan fingerprint density at radius 3 is 1.68 bits per heavy atom. The van der Waals surface area contributed by atoms with Gasteiger partial charge in [0.1, 0.15) is 11.2 Å². The topological polar surface area (TPSA) is 19.6 Å². The van der Waals surface area contributed by atoms with Crippen molar-refractivity contribution in [1.82, 2.24) is 0 Å². The van der Waals surface area contributed by atoms with Crippen molar-refractivity contribution in [3.05, 3.63) is 206 Å². The maximum atomic E-state index is 6.92. The van der Waals surface area contributed by atoms with Crippen molar-refractivity contribution in [3.63, 3.8) is 0 Å². The van der Waals surface area contributed by atoms with Crippen LogP contribution in [0.1, 0.15) is 0 Å². The summed E-state index contributed by atoms with van der Waals surface area (Å²) in [6, 6.07) is 73.8. The van der Waals surface area contributed by atoms with E-state index in [1.807, 2.05) is 11.3 Å². The Morgan fingerprint density at radius 1 is 0.339 bits per heavy atom. The molecule has 0 fully saturated rings. The quantitative estimate of drug-likeness (QED) is 0.163. The summed E-state index contributed by atoms with van der Waals surface area (Å²) in [5, 5.41) is 7.09. The van der Waals surface area contributed by atoms with E-state index in [0.717, 1.165) is 56.1 Å². The molecule has 11 rings (SSSR count). The van der Waals surface area contributed by atoms with Crippen LogP contribution >= 0.6 is 11.3 Å². The number of anilines is 6. The van der Waals surface area contributed by atoms with Crippen molar-refractivity contribution in [1.29, 1.82) is 0 Å². The highest BCUT2D eigenvalue weighted by Gasteiger charge is 2.25. The molecule has 0 saturated heterocycles. The molecule has 0 atom stereocenters. The van der Waals surface area contributed by atoms with Crippen molar-refractivity contribution < 1.29 is 4.42 Å². The number of benzene rings is 9. The van der Waals surface area contributed by atoms with E-state index in [2.05, 4.69) is 216 Å². The Kier molecular flexibility index (Phi) is 7.68. The lowest BCUT2D eigenvalue weighted by atomic mass is 10.0. The maximum Gasteiger partial charge on any atom is 0.139 e. The van der Waals surface area contributed by atoms with E-state index in [1.54, 1.807) is 0 Å². The molecule has 9 aromatic carbocycles. The molecule has 0 radical (unpaired) electrons. The van der Waals surface area contributed by atoms with Gasteiger partial charge >= 0.3 is 0 Å². The van der Waals surface area contributed by atoms with Crippen LogP contribution in [0.3, 0.4) is 0 Å². The highest BCUT2D eigenvalue weighted by molar-refractivity contribution is 7.25. The Labute approximate surface area is 328 Å². The van der Waals surface area contributed by atoms with Gasteiger partial charge in [0.15, 0.2) is 0 Å². The third kappa shape index (κ3) is 5.42. The second kappa shape index (κ2) is 13.3. The van der Waals surface area contributed by atoms with Gasteiger partial charge in [-0.3, -0.25) is 0 Å². The molecule has 3 nitrogen and oxygen atoms in total. The van der Waals surface area contributed by atoms with Crippen molar-refractivity contribution >= 4 is 98.3 Å².